The molecule has 0 bridgehead atoms. The van der Waals surface area contributed by atoms with Crippen LogP contribution in [0.1, 0.15) is 19.8 Å². The highest BCUT2D eigenvalue weighted by atomic mass is 16.3. The van der Waals surface area contributed by atoms with Crippen molar-refractivity contribution in [2.45, 2.75) is 25.8 Å². The van der Waals surface area contributed by atoms with Crippen LogP contribution in [-0.4, -0.2) is 34.5 Å². The van der Waals surface area contributed by atoms with E-state index >= 15 is 0 Å². The summed E-state index contributed by atoms with van der Waals surface area (Å²) < 4.78 is 0. The molecule has 0 aliphatic carbocycles. The summed E-state index contributed by atoms with van der Waals surface area (Å²) in [7, 11) is 0. The maximum Gasteiger partial charge on any atom is 0.321 e. The van der Waals surface area contributed by atoms with Crippen molar-refractivity contribution in [2.75, 3.05) is 5.32 Å². The zero-order chi connectivity index (χ0) is 15.0. The number of anilines is 1. The Kier molecular flexibility index (Phi) is 5.95. The Labute approximate surface area is 115 Å². The van der Waals surface area contributed by atoms with Crippen LogP contribution in [-0.2, 0) is 9.59 Å². The number of hydrogen-bond donors (Lipinski definition) is 4. The van der Waals surface area contributed by atoms with E-state index < -0.39 is 18.0 Å². The first-order valence-corrected chi connectivity index (χ1v) is 6.03. The normalized spacial score (nSPS) is 11.2. The van der Waals surface area contributed by atoms with E-state index in [1.54, 1.807) is 0 Å². The van der Waals surface area contributed by atoms with Crippen molar-refractivity contribution in [3.05, 3.63) is 18.3 Å². The zero-order valence-electron chi connectivity index (χ0n) is 10.9. The van der Waals surface area contributed by atoms with Gasteiger partial charge in [0.1, 0.15) is 17.6 Å². The van der Waals surface area contributed by atoms with Gasteiger partial charge in [-0.25, -0.2) is 9.78 Å². The van der Waals surface area contributed by atoms with Gasteiger partial charge in [-0.3, -0.25) is 20.2 Å². The van der Waals surface area contributed by atoms with Gasteiger partial charge in [0.25, 0.3) is 0 Å². The van der Waals surface area contributed by atoms with E-state index in [0.717, 1.165) is 0 Å². The van der Waals surface area contributed by atoms with Crippen LogP contribution in [0.15, 0.2) is 18.3 Å². The van der Waals surface area contributed by atoms with Crippen LogP contribution >= 0.6 is 0 Å². The molecule has 1 aromatic heterocycles. The minimum atomic E-state index is -0.803. The van der Waals surface area contributed by atoms with Crippen LogP contribution < -0.4 is 16.0 Å². The van der Waals surface area contributed by atoms with E-state index in [1.807, 2.05) is 12.2 Å². The van der Waals surface area contributed by atoms with Crippen molar-refractivity contribution in [1.82, 2.24) is 15.6 Å². The second kappa shape index (κ2) is 7.72. The van der Waals surface area contributed by atoms with Gasteiger partial charge in [0.15, 0.2) is 0 Å². The van der Waals surface area contributed by atoms with Crippen molar-refractivity contribution < 1.29 is 19.5 Å². The fourth-order valence-electron chi connectivity index (χ4n) is 1.49. The van der Waals surface area contributed by atoms with Gasteiger partial charge >= 0.3 is 6.03 Å². The molecule has 0 saturated heterocycles. The van der Waals surface area contributed by atoms with Gasteiger partial charge in [-0.05, 0) is 18.6 Å². The third kappa shape index (κ3) is 4.92. The van der Waals surface area contributed by atoms with Gasteiger partial charge in [0.05, 0.1) is 6.20 Å². The lowest BCUT2D eigenvalue weighted by Gasteiger charge is -2.16. The molecule has 0 aliphatic heterocycles. The highest BCUT2D eigenvalue weighted by molar-refractivity contribution is 5.95. The molecule has 1 rings (SSSR count). The van der Waals surface area contributed by atoms with Crippen LogP contribution in [0.4, 0.5) is 10.6 Å². The van der Waals surface area contributed by atoms with Crippen molar-refractivity contribution in [3.8, 4) is 5.75 Å². The predicted octanol–water partition coefficient (Wildman–Crippen LogP) is 0.350. The lowest BCUT2D eigenvalue weighted by Crippen LogP contribution is -2.47. The van der Waals surface area contributed by atoms with Crippen molar-refractivity contribution in [3.63, 3.8) is 0 Å². The van der Waals surface area contributed by atoms with Crippen LogP contribution in [0.2, 0.25) is 0 Å². The van der Waals surface area contributed by atoms with Gasteiger partial charge in [-0.15, -0.1) is 0 Å². The number of nitrogens with zero attached hydrogens (tertiary/aromatic N) is 1. The number of carbonyl (C=O) groups excluding carboxylic acids is 3. The summed E-state index contributed by atoms with van der Waals surface area (Å²) in [6, 6.07) is 1.35. The Bertz CT molecular complexity index is 475. The zero-order valence-corrected chi connectivity index (χ0v) is 10.9. The summed E-state index contributed by atoms with van der Waals surface area (Å²) in [5.74, 6) is -0.368. The molecule has 8 heteroatoms. The predicted molar refractivity (Wildman–Crippen MR) is 71.0 cm³/mol. The SMILES string of the molecule is CCCC(NC(=O)Nc1ccc(O)cn1)C(=O)NC=O. The quantitative estimate of drug-likeness (QED) is 0.560. The largest absolute Gasteiger partial charge is 0.506 e. The van der Waals surface area contributed by atoms with Crippen molar-refractivity contribution >= 4 is 24.2 Å². The Morgan fingerprint density at radius 1 is 1.45 bits per heavy atom. The molecule has 20 heavy (non-hydrogen) atoms. The molecule has 0 fully saturated rings. The highest BCUT2D eigenvalue weighted by Gasteiger charge is 2.19. The number of amides is 4. The summed E-state index contributed by atoms with van der Waals surface area (Å²) in [5.41, 5.74) is 0. The van der Waals surface area contributed by atoms with E-state index in [2.05, 4.69) is 15.6 Å². The summed E-state index contributed by atoms with van der Waals surface area (Å²) in [5, 5.41) is 15.9. The Balaban J connectivity index is 2.59. The van der Waals surface area contributed by atoms with Gasteiger partial charge < -0.3 is 10.4 Å². The number of carbonyl (C=O) groups is 3. The monoisotopic (exact) mass is 280 g/mol. The standard InChI is InChI=1S/C12H16N4O4/c1-2-3-9(11(19)14-7-17)15-12(20)16-10-5-4-8(18)6-13-10/h4-7,9,18H,2-3H2,1H3,(H,14,17,19)(H2,13,15,16,20). The van der Waals surface area contributed by atoms with Crippen molar-refractivity contribution in [2.24, 2.45) is 0 Å². The molecular weight excluding hydrogens is 264 g/mol. The molecule has 4 N–H and O–H groups in total. The number of rotatable bonds is 6. The molecule has 0 saturated carbocycles. The van der Waals surface area contributed by atoms with E-state index in [0.29, 0.717) is 12.8 Å². The number of aromatic nitrogens is 1. The topological polar surface area (TPSA) is 120 Å². The molecule has 1 heterocycles. The number of nitrogens with one attached hydrogen (secondary N) is 3. The van der Waals surface area contributed by atoms with Crippen LogP contribution in [0.3, 0.4) is 0 Å². The van der Waals surface area contributed by atoms with Gasteiger partial charge in [-0.1, -0.05) is 13.3 Å². The molecule has 1 atom stereocenters. The van der Waals surface area contributed by atoms with Gasteiger partial charge in [0.2, 0.25) is 12.3 Å². The molecule has 0 aromatic carbocycles. The molecule has 108 valence electrons. The van der Waals surface area contributed by atoms with Crippen LogP contribution in [0.5, 0.6) is 5.75 Å². The third-order valence-corrected chi connectivity index (χ3v) is 2.39. The molecule has 0 radical (unpaired) electrons. The average Bonchev–Trinajstić information content (AvgIpc) is 2.41. The third-order valence-electron chi connectivity index (χ3n) is 2.39. The maximum atomic E-state index is 11.7. The van der Waals surface area contributed by atoms with E-state index in [4.69, 9.17) is 5.11 Å². The minimum Gasteiger partial charge on any atom is -0.506 e. The van der Waals surface area contributed by atoms with Crippen LogP contribution in [0, 0.1) is 0 Å². The Morgan fingerprint density at radius 3 is 2.75 bits per heavy atom. The molecule has 1 aromatic rings. The highest BCUT2D eigenvalue weighted by Crippen LogP contribution is 2.09. The number of urea groups is 1. The average molecular weight is 280 g/mol. The lowest BCUT2D eigenvalue weighted by atomic mass is 10.1. The molecule has 4 amide bonds. The van der Waals surface area contributed by atoms with E-state index in [1.165, 1.54) is 18.3 Å². The first kappa shape index (κ1) is 15.4. The van der Waals surface area contributed by atoms with Gasteiger partial charge in [0, 0.05) is 0 Å². The molecular formula is C12H16N4O4. The summed E-state index contributed by atoms with van der Waals surface area (Å²) in [6.07, 6.45) is 2.51. The summed E-state index contributed by atoms with van der Waals surface area (Å²) in [4.78, 5) is 37.2. The number of aromatic hydroxyl groups is 1. The second-order valence-corrected chi connectivity index (χ2v) is 3.97. The first-order valence-electron chi connectivity index (χ1n) is 6.03. The minimum absolute atomic E-state index is 0.0230. The number of imide groups is 1. The molecule has 8 nitrogen and oxygen atoms in total. The smallest absolute Gasteiger partial charge is 0.321 e. The molecule has 1 unspecified atom stereocenters. The molecule has 0 spiro atoms. The lowest BCUT2D eigenvalue weighted by molar-refractivity contribution is -0.126. The fraction of sp³-hybridized carbons (Fsp3) is 0.333. The fourth-order valence-corrected chi connectivity index (χ4v) is 1.49. The molecule has 0 aliphatic rings. The number of pyridine rings is 1. The van der Waals surface area contributed by atoms with Crippen LogP contribution in [0.25, 0.3) is 0 Å². The van der Waals surface area contributed by atoms with E-state index in [9.17, 15) is 14.4 Å². The summed E-state index contributed by atoms with van der Waals surface area (Å²) >= 11 is 0. The van der Waals surface area contributed by atoms with Gasteiger partial charge in [-0.2, -0.15) is 0 Å². The second-order valence-electron chi connectivity index (χ2n) is 3.97. The van der Waals surface area contributed by atoms with E-state index in [-0.39, 0.29) is 18.0 Å². The Morgan fingerprint density at radius 2 is 2.20 bits per heavy atom. The maximum absolute atomic E-state index is 11.7. The summed E-state index contributed by atoms with van der Waals surface area (Å²) in [6.45, 7) is 1.85. The van der Waals surface area contributed by atoms with Crippen molar-refractivity contribution in [1.29, 1.82) is 0 Å². The Hall–Kier alpha value is -2.64. The first-order chi connectivity index (χ1) is 9.56. The number of hydrogen-bond acceptors (Lipinski definition) is 5.